The Morgan fingerprint density at radius 1 is 1.00 bits per heavy atom. The van der Waals surface area contributed by atoms with Gasteiger partial charge in [-0.1, -0.05) is 36.4 Å². The van der Waals surface area contributed by atoms with Crippen LogP contribution in [0.25, 0.3) is 0 Å². The molecule has 0 saturated heterocycles. The van der Waals surface area contributed by atoms with Crippen molar-refractivity contribution in [3.8, 4) is 0 Å². The molecule has 0 aliphatic carbocycles. The first-order chi connectivity index (χ1) is 14.2. The van der Waals surface area contributed by atoms with E-state index < -0.39 is 0 Å². The SMILES string of the molecule is CCNC(=NCc1ccc(Cn2ccccc2=O)cc1)NCCc1ccccn1. The normalized spacial score (nSPS) is 11.3. The van der Waals surface area contributed by atoms with Crippen molar-refractivity contribution >= 4 is 5.96 Å². The van der Waals surface area contributed by atoms with Crippen molar-refractivity contribution in [1.29, 1.82) is 0 Å². The third-order valence-corrected chi connectivity index (χ3v) is 4.44. The van der Waals surface area contributed by atoms with Crippen LogP contribution in [0.2, 0.25) is 0 Å². The van der Waals surface area contributed by atoms with Crippen LogP contribution in [0.4, 0.5) is 0 Å². The van der Waals surface area contributed by atoms with Gasteiger partial charge in [-0.25, -0.2) is 4.99 Å². The highest BCUT2D eigenvalue weighted by atomic mass is 16.1. The fourth-order valence-corrected chi connectivity index (χ4v) is 2.91. The number of nitrogens with zero attached hydrogens (tertiary/aromatic N) is 3. The van der Waals surface area contributed by atoms with Crippen molar-refractivity contribution < 1.29 is 0 Å². The maximum absolute atomic E-state index is 11.8. The van der Waals surface area contributed by atoms with E-state index in [2.05, 4.69) is 39.7 Å². The number of hydrogen-bond donors (Lipinski definition) is 2. The number of aliphatic imine (C=N–C) groups is 1. The molecule has 0 amide bonds. The first kappa shape index (κ1) is 20.3. The van der Waals surface area contributed by atoms with Crippen molar-refractivity contribution in [1.82, 2.24) is 20.2 Å². The second-order valence-corrected chi connectivity index (χ2v) is 6.68. The summed E-state index contributed by atoms with van der Waals surface area (Å²) in [7, 11) is 0. The second kappa shape index (κ2) is 10.8. The molecule has 6 nitrogen and oxygen atoms in total. The van der Waals surface area contributed by atoms with E-state index in [0.29, 0.717) is 13.1 Å². The maximum Gasteiger partial charge on any atom is 0.250 e. The van der Waals surface area contributed by atoms with Crippen LogP contribution in [0.5, 0.6) is 0 Å². The van der Waals surface area contributed by atoms with Crippen LogP contribution in [0.3, 0.4) is 0 Å². The van der Waals surface area contributed by atoms with Gasteiger partial charge in [0, 0.05) is 43.7 Å². The average molecular weight is 390 g/mol. The minimum Gasteiger partial charge on any atom is -0.357 e. The standard InChI is InChI=1S/C23H27N5O/c1-2-24-23(26-15-13-21-7-3-5-14-25-21)27-17-19-9-11-20(12-10-19)18-28-16-6-4-8-22(28)29/h3-12,14,16H,2,13,15,17-18H2,1H3,(H2,24,26,27). The van der Waals surface area contributed by atoms with E-state index in [1.165, 1.54) is 0 Å². The number of guanidine groups is 1. The molecule has 0 spiro atoms. The monoisotopic (exact) mass is 389 g/mol. The van der Waals surface area contributed by atoms with Gasteiger partial charge in [-0.2, -0.15) is 0 Å². The number of benzene rings is 1. The zero-order valence-corrected chi connectivity index (χ0v) is 16.7. The molecule has 0 aliphatic rings. The molecule has 3 aromatic rings. The zero-order valence-electron chi connectivity index (χ0n) is 16.7. The van der Waals surface area contributed by atoms with Crippen LogP contribution in [0, 0.1) is 0 Å². The minimum absolute atomic E-state index is 0.00763. The summed E-state index contributed by atoms with van der Waals surface area (Å²) >= 11 is 0. The highest BCUT2D eigenvalue weighted by Crippen LogP contribution is 2.07. The van der Waals surface area contributed by atoms with E-state index in [4.69, 9.17) is 0 Å². The highest BCUT2D eigenvalue weighted by molar-refractivity contribution is 5.79. The summed E-state index contributed by atoms with van der Waals surface area (Å²) in [6.07, 6.45) is 4.46. The Hall–Kier alpha value is -3.41. The van der Waals surface area contributed by atoms with E-state index in [-0.39, 0.29) is 5.56 Å². The van der Waals surface area contributed by atoms with Crippen LogP contribution in [0.15, 0.2) is 82.8 Å². The second-order valence-electron chi connectivity index (χ2n) is 6.68. The van der Waals surface area contributed by atoms with Crippen molar-refractivity contribution in [3.05, 3.63) is 100 Å². The molecule has 2 N–H and O–H groups in total. The Balaban J connectivity index is 1.54. The molecule has 0 bridgehead atoms. The average Bonchev–Trinajstić information content (AvgIpc) is 2.75. The van der Waals surface area contributed by atoms with Crippen LogP contribution in [-0.2, 0) is 19.5 Å². The molecule has 29 heavy (non-hydrogen) atoms. The van der Waals surface area contributed by atoms with E-state index in [9.17, 15) is 4.79 Å². The molecule has 0 atom stereocenters. The van der Waals surface area contributed by atoms with E-state index >= 15 is 0 Å². The van der Waals surface area contributed by atoms with Gasteiger partial charge < -0.3 is 15.2 Å². The summed E-state index contributed by atoms with van der Waals surface area (Å²) in [5.74, 6) is 0.795. The lowest BCUT2D eigenvalue weighted by Gasteiger charge is -2.11. The molecule has 3 rings (SSSR count). The lowest BCUT2D eigenvalue weighted by Crippen LogP contribution is -2.38. The predicted molar refractivity (Wildman–Crippen MR) is 117 cm³/mol. The molecule has 2 aromatic heterocycles. The van der Waals surface area contributed by atoms with E-state index in [1.54, 1.807) is 22.9 Å². The summed E-state index contributed by atoms with van der Waals surface area (Å²) in [5.41, 5.74) is 3.28. The summed E-state index contributed by atoms with van der Waals surface area (Å²) in [6.45, 7) is 4.79. The Morgan fingerprint density at radius 3 is 2.52 bits per heavy atom. The van der Waals surface area contributed by atoms with Crippen LogP contribution >= 0.6 is 0 Å². The molecular formula is C23H27N5O. The number of hydrogen-bond acceptors (Lipinski definition) is 3. The molecule has 6 heteroatoms. The van der Waals surface area contributed by atoms with E-state index in [0.717, 1.165) is 42.3 Å². The van der Waals surface area contributed by atoms with Crippen molar-refractivity contribution in [2.24, 2.45) is 4.99 Å². The highest BCUT2D eigenvalue weighted by Gasteiger charge is 2.01. The topological polar surface area (TPSA) is 71.3 Å². The lowest BCUT2D eigenvalue weighted by molar-refractivity contribution is 0.758. The largest absolute Gasteiger partial charge is 0.357 e. The minimum atomic E-state index is 0.00763. The molecule has 0 saturated carbocycles. The van der Waals surface area contributed by atoms with Crippen LogP contribution in [0.1, 0.15) is 23.7 Å². The van der Waals surface area contributed by atoms with Gasteiger partial charge >= 0.3 is 0 Å². The first-order valence-corrected chi connectivity index (χ1v) is 9.90. The van der Waals surface area contributed by atoms with Gasteiger partial charge in [0.25, 0.3) is 5.56 Å². The molecule has 0 fully saturated rings. The summed E-state index contributed by atoms with van der Waals surface area (Å²) in [5, 5.41) is 6.62. The quantitative estimate of drug-likeness (QED) is 0.459. The maximum atomic E-state index is 11.8. The van der Waals surface area contributed by atoms with Gasteiger partial charge in [0.15, 0.2) is 5.96 Å². The zero-order chi connectivity index (χ0) is 20.3. The van der Waals surface area contributed by atoms with Gasteiger partial charge in [-0.05, 0) is 36.2 Å². The van der Waals surface area contributed by atoms with Crippen molar-refractivity contribution in [2.45, 2.75) is 26.4 Å². The van der Waals surface area contributed by atoms with E-state index in [1.807, 2.05) is 42.6 Å². The third kappa shape index (κ3) is 6.60. The third-order valence-electron chi connectivity index (χ3n) is 4.44. The van der Waals surface area contributed by atoms with Gasteiger partial charge in [0.2, 0.25) is 0 Å². The lowest BCUT2D eigenvalue weighted by atomic mass is 10.1. The van der Waals surface area contributed by atoms with Crippen molar-refractivity contribution in [2.75, 3.05) is 13.1 Å². The predicted octanol–water partition coefficient (Wildman–Crippen LogP) is 2.59. The first-order valence-electron chi connectivity index (χ1n) is 9.90. The molecule has 150 valence electrons. The summed E-state index contributed by atoms with van der Waals surface area (Å²) in [4.78, 5) is 20.8. The Bertz CT molecular complexity index is 964. The number of nitrogens with one attached hydrogen (secondary N) is 2. The Labute approximate surface area is 171 Å². The fraction of sp³-hybridized carbons (Fsp3) is 0.261. The molecule has 2 heterocycles. The Morgan fingerprint density at radius 2 is 1.79 bits per heavy atom. The van der Waals surface area contributed by atoms with Crippen molar-refractivity contribution in [3.63, 3.8) is 0 Å². The van der Waals surface area contributed by atoms with Gasteiger partial charge in [0.05, 0.1) is 13.1 Å². The molecule has 0 aliphatic heterocycles. The summed E-state index contributed by atoms with van der Waals surface area (Å²) < 4.78 is 1.70. The van der Waals surface area contributed by atoms with Gasteiger partial charge in [0.1, 0.15) is 0 Å². The number of rotatable bonds is 8. The van der Waals surface area contributed by atoms with Crippen LogP contribution in [-0.4, -0.2) is 28.6 Å². The summed E-state index contributed by atoms with van der Waals surface area (Å²) in [6, 6.07) is 19.4. The fourth-order valence-electron chi connectivity index (χ4n) is 2.91. The number of aromatic nitrogens is 2. The van der Waals surface area contributed by atoms with Crippen LogP contribution < -0.4 is 16.2 Å². The molecule has 0 unspecified atom stereocenters. The molecule has 1 aromatic carbocycles. The number of pyridine rings is 2. The smallest absolute Gasteiger partial charge is 0.250 e. The van der Waals surface area contributed by atoms with Gasteiger partial charge in [-0.3, -0.25) is 9.78 Å². The Kier molecular flexibility index (Phi) is 7.57. The van der Waals surface area contributed by atoms with Gasteiger partial charge in [-0.15, -0.1) is 0 Å². The molecule has 0 radical (unpaired) electrons. The molecular weight excluding hydrogens is 362 g/mol.